The summed E-state index contributed by atoms with van der Waals surface area (Å²) in [5.74, 6) is -1.39. The Kier molecular flexibility index (Phi) is 15.2. The van der Waals surface area contributed by atoms with E-state index >= 15 is 0 Å². The predicted octanol–water partition coefficient (Wildman–Crippen LogP) is 9.07. The normalized spacial score (nSPS) is 12.4. The molecule has 3 nitrogen and oxygen atoms in total. The summed E-state index contributed by atoms with van der Waals surface area (Å²) in [6.07, 6.45) is 22.5. The Bertz CT molecular complexity index is 820. The van der Waals surface area contributed by atoms with Gasteiger partial charge in [0.1, 0.15) is 0 Å². The lowest BCUT2D eigenvalue weighted by Crippen LogP contribution is -2.16. The maximum absolute atomic E-state index is 12.8. The molecule has 1 aromatic carbocycles. The minimum absolute atomic E-state index is 0.0231. The number of carbonyl (C=O) groups is 2. The fraction of sp³-hybridized carbons (Fsp3) is 0.481. The molecule has 0 fully saturated rings. The van der Waals surface area contributed by atoms with Crippen molar-refractivity contribution in [3.8, 4) is 0 Å². The lowest BCUT2D eigenvalue weighted by molar-refractivity contribution is 0.0691. The van der Waals surface area contributed by atoms with Crippen LogP contribution in [0.25, 0.3) is 0 Å². The van der Waals surface area contributed by atoms with Crippen molar-refractivity contribution in [1.82, 2.24) is 0 Å². The standard InChI is InChI=1S/C27H35Cl3O3/c1-2-3-4-5-6-7-8-9-10-11-12-13-14-15-16-20-24(31)25-22(21-27(28,29)30)18-17-19-23(25)26(32)33/h6-7,9-10,12-13,17-19H,2-5,8,11,14-16,20-21H2,1H3,(H,32,33). The third kappa shape index (κ3) is 13.7. The summed E-state index contributed by atoms with van der Waals surface area (Å²) >= 11 is 17.6. The van der Waals surface area contributed by atoms with E-state index < -0.39 is 9.76 Å². The number of carboxylic acids is 1. The van der Waals surface area contributed by atoms with Crippen molar-refractivity contribution in [3.63, 3.8) is 0 Å². The monoisotopic (exact) mass is 512 g/mol. The second-order valence-electron chi connectivity index (χ2n) is 7.99. The number of allylic oxidation sites excluding steroid dienone is 6. The van der Waals surface area contributed by atoms with Crippen LogP contribution >= 0.6 is 34.8 Å². The molecule has 0 aliphatic carbocycles. The molecule has 0 saturated heterocycles. The van der Waals surface area contributed by atoms with Crippen molar-refractivity contribution >= 4 is 46.6 Å². The minimum atomic E-state index is -1.60. The molecule has 0 aliphatic rings. The molecular weight excluding hydrogens is 479 g/mol. The Morgan fingerprint density at radius 1 is 0.879 bits per heavy atom. The molecule has 0 amide bonds. The van der Waals surface area contributed by atoms with Crippen LogP contribution in [-0.4, -0.2) is 20.7 Å². The van der Waals surface area contributed by atoms with Gasteiger partial charge in [0.15, 0.2) is 9.58 Å². The van der Waals surface area contributed by atoms with E-state index in [9.17, 15) is 14.7 Å². The molecule has 0 aliphatic heterocycles. The number of halogens is 3. The molecule has 0 bridgehead atoms. The largest absolute Gasteiger partial charge is 0.478 e. The van der Waals surface area contributed by atoms with E-state index in [1.54, 1.807) is 12.1 Å². The number of unbranched alkanes of at least 4 members (excludes halogenated alkanes) is 5. The number of hydrogen-bond donors (Lipinski definition) is 1. The van der Waals surface area contributed by atoms with Crippen LogP contribution in [0.5, 0.6) is 0 Å². The lowest BCUT2D eigenvalue weighted by Gasteiger charge is -2.16. The summed E-state index contributed by atoms with van der Waals surface area (Å²) in [5.41, 5.74) is 0.549. The van der Waals surface area contributed by atoms with Crippen molar-refractivity contribution < 1.29 is 14.7 Å². The molecule has 0 aromatic heterocycles. The van der Waals surface area contributed by atoms with Gasteiger partial charge in [-0.1, -0.05) is 103 Å². The fourth-order valence-corrected chi connectivity index (χ4v) is 3.87. The van der Waals surface area contributed by atoms with E-state index in [0.717, 1.165) is 25.7 Å². The molecule has 182 valence electrons. The molecule has 1 aromatic rings. The summed E-state index contributed by atoms with van der Waals surface area (Å²) in [4.78, 5) is 24.4. The van der Waals surface area contributed by atoms with Gasteiger partial charge in [0.2, 0.25) is 0 Å². The van der Waals surface area contributed by atoms with Gasteiger partial charge in [0.05, 0.1) is 5.56 Å². The summed E-state index contributed by atoms with van der Waals surface area (Å²) in [5, 5.41) is 9.47. The number of carboxylic acid groups (broad SMARTS) is 1. The van der Waals surface area contributed by atoms with Gasteiger partial charge in [-0.3, -0.25) is 4.79 Å². The Labute approximate surface area is 213 Å². The van der Waals surface area contributed by atoms with Crippen LogP contribution in [0.3, 0.4) is 0 Å². The van der Waals surface area contributed by atoms with Crippen LogP contribution in [0.2, 0.25) is 0 Å². The quantitative estimate of drug-likeness (QED) is 0.104. The zero-order chi connectivity index (χ0) is 24.5. The zero-order valence-corrected chi connectivity index (χ0v) is 21.6. The summed E-state index contributed by atoms with van der Waals surface area (Å²) in [7, 11) is 0. The Hall–Kier alpha value is -1.55. The average Bonchev–Trinajstić information content (AvgIpc) is 2.75. The molecule has 0 atom stereocenters. The number of rotatable bonds is 16. The van der Waals surface area contributed by atoms with Crippen LogP contribution in [0.4, 0.5) is 0 Å². The van der Waals surface area contributed by atoms with Gasteiger partial charge >= 0.3 is 5.97 Å². The van der Waals surface area contributed by atoms with E-state index in [-0.39, 0.29) is 29.8 Å². The topological polar surface area (TPSA) is 54.4 Å². The van der Waals surface area contributed by atoms with E-state index in [1.165, 1.54) is 31.7 Å². The first-order valence-electron chi connectivity index (χ1n) is 11.7. The van der Waals surface area contributed by atoms with E-state index in [2.05, 4.69) is 43.4 Å². The zero-order valence-electron chi connectivity index (χ0n) is 19.4. The van der Waals surface area contributed by atoms with Gasteiger partial charge in [0, 0.05) is 18.4 Å². The van der Waals surface area contributed by atoms with Gasteiger partial charge in [-0.15, -0.1) is 0 Å². The second kappa shape index (κ2) is 17.0. The third-order valence-electron chi connectivity index (χ3n) is 5.09. The highest BCUT2D eigenvalue weighted by molar-refractivity contribution is 6.67. The number of ketones is 1. The maximum atomic E-state index is 12.8. The number of Topliss-reactive ketones (excluding diaryl/α,β-unsaturated/α-hetero) is 1. The minimum Gasteiger partial charge on any atom is -0.478 e. The van der Waals surface area contributed by atoms with Gasteiger partial charge in [-0.25, -0.2) is 4.79 Å². The van der Waals surface area contributed by atoms with Crippen molar-refractivity contribution in [1.29, 1.82) is 0 Å². The van der Waals surface area contributed by atoms with E-state index in [1.807, 2.05) is 0 Å². The fourth-order valence-electron chi connectivity index (χ4n) is 3.43. The summed E-state index contributed by atoms with van der Waals surface area (Å²) in [6, 6.07) is 4.62. The molecule has 6 heteroatoms. The van der Waals surface area contributed by atoms with Crippen LogP contribution in [-0.2, 0) is 6.42 Å². The molecule has 0 radical (unpaired) electrons. The molecular formula is C27H35Cl3O3. The van der Waals surface area contributed by atoms with E-state index in [4.69, 9.17) is 34.8 Å². The van der Waals surface area contributed by atoms with E-state index in [0.29, 0.717) is 12.0 Å². The number of aromatic carboxylic acids is 1. The number of hydrogen-bond acceptors (Lipinski definition) is 2. The summed E-state index contributed by atoms with van der Waals surface area (Å²) < 4.78 is -1.60. The van der Waals surface area contributed by atoms with Crippen LogP contribution in [0.1, 0.15) is 97.4 Å². The van der Waals surface area contributed by atoms with Gasteiger partial charge in [-0.2, -0.15) is 0 Å². The number of alkyl halides is 3. The first kappa shape index (κ1) is 29.5. The summed E-state index contributed by atoms with van der Waals surface area (Å²) in [6.45, 7) is 2.21. The first-order valence-corrected chi connectivity index (χ1v) is 12.8. The third-order valence-corrected chi connectivity index (χ3v) is 5.50. The molecule has 0 saturated carbocycles. The lowest BCUT2D eigenvalue weighted by atomic mass is 9.93. The highest BCUT2D eigenvalue weighted by atomic mass is 35.6. The number of carbonyl (C=O) groups excluding carboxylic acids is 1. The molecule has 33 heavy (non-hydrogen) atoms. The van der Waals surface area contributed by atoms with Crippen LogP contribution in [0.15, 0.2) is 54.7 Å². The molecule has 0 heterocycles. The molecule has 1 N–H and O–H groups in total. The Morgan fingerprint density at radius 3 is 2.00 bits per heavy atom. The molecule has 1 rings (SSSR count). The van der Waals surface area contributed by atoms with Crippen molar-refractivity contribution in [2.24, 2.45) is 0 Å². The Balaban J connectivity index is 2.40. The van der Waals surface area contributed by atoms with Gasteiger partial charge < -0.3 is 5.11 Å². The second-order valence-corrected chi connectivity index (χ2v) is 10.5. The first-order chi connectivity index (χ1) is 15.8. The SMILES string of the molecule is CCCCCC=CCC=CCC=CCCCCC(=O)c1c(CC(Cl)(Cl)Cl)cccc1C(=O)O. The van der Waals surface area contributed by atoms with Gasteiger partial charge in [0.25, 0.3) is 0 Å². The molecule has 0 spiro atoms. The van der Waals surface area contributed by atoms with Crippen molar-refractivity contribution in [3.05, 3.63) is 71.3 Å². The molecule has 0 unspecified atom stereocenters. The smallest absolute Gasteiger partial charge is 0.336 e. The van der Waals surface area contributed by atoms with Crippen LogP contribution in [0, 0.1) is 0 Å². The van der Waals surface area contributed by atoms with Crippen molar-refractivity contribution in [2.75, 3.05) is 0 Å². The highest BCUT2D eigenvalue weighted by Gasteiger charge is 2.26. The van der Waals surface area contributed by atoms with Crippen LogP contribution < -0.4 is 0 Å². The predicted molar refractivity (Wildman–Crippen MR) is 141 cm³/mol. The number of benzene rings is 1. The average molecular weight is 514 g/mol. The maximum Gasteiger partial charge on any atom is 0.336 e. The Morgan fingerprint density at radius 2 is 1.45 bits per heavy atom. The van der Waals surface area contributed by atoms with Crippen molar-refractivity contribution in [2.45, 2.75) is 81.3 Å². The van der Waals surface area contributed by atoms with Gasteiger partial charge in [-0.05, 0) is 56.6 Å². The highest BCUT2D eigenvalue weighted by Crippen LogP contribution is 2.33.